The van der Waals surface area contributed by atoms with E-state index in [2.05, 4.69) is 25.6 Å². The molecule has 13 heavy (non-hydrogen) atoms. The summed E-state index contributed by atoms with van der Waals surface area (Å²) in [6, 6.07) is 0. The van der Waals surface area contributed by atoms with Crippen LogP contribution < -0.4 is 5.32 Å². The fourth-order valence-electron chi connectivity index (χ4n) is 0.867. The minimum atomic E-state index is 0.729. The summed E-state index contributed by atoms with van der Waals surface area (Å²) in [7, 11) is 1.87. The minimum Gasteiger partial charge on any atom is -0.313 e. The van der Waals surface area contributed by atoms with Crippen LogP contribution in [0.1, 0.15) is 5.01 Å². The van der Waals surface area contributed by atoms with Gasteiger partial charge in [-0.25, -0.2) is 4.98 Å². The molecule has 7 heteroatoms. The summed E-state index contributed by atoms with van der Waals surface area (Å²) in [6.07, 6.45) is 3.07. The molecule has 0 aliphatic heterocycles. The third-order valence-electron chi connectivity index (χ3n) is 1.40. The van der Waals surface area contributed by atoms with Crippen molar-refractivity contribution < 1.29 is 0 Å². The van der Waals surface area contributed by atoms with Crippen LogP contribution in [-0.2, 0) is 6.54 Å². The molecule has 0 saturated carbocycles. The predicted octanol–water partition coefficient (Wildman–Crippen LogP) is -0.162. The van der Waals surface area contributed by atoms with E-state index in [9.17, 15) is 0 Å². The molecule has 0 atom stereocenters. The Bertz CT molecular complexity index is 366. The van der Waals surface area contributed by atoms with Crippen molar-refractivity contribution in [2.24, 2.45) is 0 Å². The van der Waals surface area contributed by atoms with E-state index < -0.39 is 0 Å². The van der Waals surface area contributed by atoms with Crippen LogP contribution in [0.25, 0.3) is 5.13 Å². The van der Waals surface area contributed by atoms with Crippen LogP contribution in [0.3, 0.4) is 0 Å². The van der Waals surface area contributed by atoms with Gasteiger partial charge in [0.25, 0.3) is 0 Å². The molecule has 0 fully saturated rings. The van der Waals surface area contributed by atoms with Gasteiger partial charge in [0.05, 0.1) is 0 Å². The lowest BCUT2D eigenvalue weighted by molar-refractivity contribution is 0.785. The summed E-state index contributed by atoms with van der Waals surface area (Å²) >= 11 is 1.49. The highest BCUT2D eigenvalue weighted by molar-refractivity contribution is 7.13. The topological polar surface area (TPSA) is 68.5 Å². The van der Waals surface area contributed by atoms with E-state index >= 15 is 0 Å². The van der Waals surface area contributed by atoms with Gasteiger partial charge in [-0.15, -0.1) is 10.2 Å². The van der Waals surface area contributed by atoms with E-state index in [4.69, 9.17) is 0 Å². The molecule has 0 amide bonds. The van der Waals surface area contributed by atoms with Crippen LogP contribution in [0.15, 0.2) is 12.7 Å². The number of nitrogens with zero attached hydrogens (tertiary/aromatic N) is 5. The summed E-state index contributed by atoms with van der Waals surface area (Å²) in [6.45, 7) is 0.729. The molecule has 0 radical (unpaired) electrons. The lowest BCUT2D eigenvalue weighted by Gasteiger charge is -1.89. The van der Waals surface area contributed by atoms with Crippen molar-refractivity contribution in [3.05, 3.63) is 17.7 Å². The molecule has 2 rings (SSSR count). The number of nitrogens with one attached hydrogen (secondary N) is 1. The number of hydrogen-bond donors (Lipinski definition) is 1. The van der Waals surface area contributed by atoms with Crippen LogP contribution in [-0.4, -0.2) is 32.0 Å². The molecule has 0 aromatic carbocycles. The van der Waals surface area contributed by atoms with Gasteiger partial charge in [-0.2, -0.15) is 9.78 Å². The molecule has 0 bridgehead atoms. The van der Waals surface area contributed by atoms with Crippen LogP contribution in [0.5, 0.6) is 0 Å². The van der Waals surface area contributed by atoms with Gasteiger partial charge >= 0.3 is 0 Å². The Morgan fingerprint density at radius 1 is 1.54 bits per heavy atom. The van der Waals surface area contributed by atoms with E-state index in [-0.39, 0.29) is 0 Å². The summed E-state index contributed by atoms with van der Waals surface area (Å²) in [5, 5.41) is 16.6. The largest absolute Gasteiger partial charge is 0.313 e. The SMILES string of the molecule is CNCc1nnc(-n2cncn2)s1. The van der Waals surface area contributed by atoms with E-state index in [0.29, 0.717) is 0 Å². The minimum absolute atomic E-state index is 0.729. The van der Waals surface area contributed by atoms with Gasteiger partial charge in [0, 0.05) is 6.54 Å². The first kappa shape index (κ1) is 8.27. The molecule has 2 aromatic rings. The molecule has 68 valence electrons. The summed E-state index contributed by atoms with van der Waals surface area (Å²) in [5.41, 5.74) is 0. The summed E-state index contributed by atoms with van der Waals surface area (Å²) < 4.78 is 1.59. The van der Waals surface area contributed by atoms with E-state index in [0.717, 1.165) is 16.7 Å². The third kappa shape index (κ3) is 1.70. The Kier molecular flexibility index (Phi) is 2.28. The number of hydrogen-bond acceptors (Lipinski definition) is 6. The molecular formula is C6H8N6S. The molecule has 0 unspecified atom stereocenters. The Hall–Kier alpha value is -1.34. The second-order valence-corrected chi connectivity index (χ2v) is 3.39. The molecule has 0 saturated heterocycles. The molecule has 0 aliphatic carbocycles. The van der Waals surface area contributed by atoms with Crippen molar-refractivity contribution in [2.75, 3.05) is 7.05 Å². The molecular weight excluding hydrogens is 188 g/mol. The second-order valence-electron chi connectivity index (χ2n) is 2.35. The second kappa shape index (κ2) is 3.58. The smallest absolute Gasteiger partial charge is 0.234 e. The Labute approximate surface area is 78.6 Å². The maximum atomic E-state index is 3.98. The lowest BCUT2D eigenvalue weighted by atomic mass is 10.7. The molecule has 0 spiro atoms. The first-order valence-electron chi connectivity index (χ1n) is 3.72. The highest BCUT2D eigenvalue weighted by Gasteiger charge is 2.04. The van der Waals surface area contributed by atoms with Crippen molar-refractivity contribution in [3.63, 3.8) is 0 Å². The third-order valence-corrected chi connectivity index (χ3v) is 2.31. The van der Waals surface area contributed by atoms with Crippen molar-refractivity contribution in [2.45, 2.75) is 6.54 Å². The summed E-state index contributed by atoms with van der Waals surface area (Å²) in [4.78, 5) is 3.83. The lowest BCUT2D eigenvalue weighted by Crippen LogP contribution is -2.04. The fraction of sp³-hybridized carbons (Fsp3) is 0.333. The highest BCUT2D eigenvalue weighted by Crippen LogP contribution is 2.12. The zero-order valence-electron chi connectivity index (χ0n) is 7.01. The van der Waals surface area contributed by atoms with Crippen LogP contribution >= 0.6 is 11.3 Å². The summed E-state index contributed by atoms with van der Waals surface area (Å²) in [5.74, 6) is 0. The Balaban J connectivity index is 2.23. The van der Waals surface area contributed by atoms with Gasteiger partial charge in [0.15, 0.2) is 0 Å². The van der Waals surface area contributed by atoms with E-state index in [1.807, 2.05) is 7.05 Å². The first-order chi connectivity index (χ1) is 6.40. The maximum Gasteiger partial charge on any atom is 0.234 e. The maximum absolute atomic E-state index is 3.98. The van der Waals surface area contributed by atoms with Crippen LogP contribution in [0.2, 0.25) is 0 Å². The van der Waals surface area contributed by atoms with Crippen molar-refractivity contribution in [1.82, 2.24) is 30.3 Å². The van der Waals surface area contributed by atoms with Crippen molar-refractivity contribution in [1.29, 1.82) is 0 Å². The van der Waals surface area contributed by atoms with Crippen LogP contribution in [0, 0.1) is 0 Å². The van der Waals surface area contributed by atoms with E-state index in [1.165, 1.54) is 17.7 Å². The zero-order valence-corrected chi connectivity index (χ0v) is 7.82. The van der Waals surface area contributed by atoms with Gasteiger partial charge in [0.2, 0.25) is 5.13 Å². The van der Waals surface area contributed by atoms with Gasteiger partial charge in [-0.05, 0) is 7.05 Å². The fourth-order valence-corrected chi connectivity index (χ4v) is 1.65. The normalized spacial score (nSPS) is 10.5. The molecule has 2 aromatic heterocycles. The van der Waals surface area contributed by atoms with Gasteiger partial charge in [-0.3, -0.25) is 0 Å². The average Bonchev–Trinajstić information content (AvgIpc) is 2.70. The number of aromatic nitrogens is 5. The van der Waals surface area contributed by atoms with Crippen LogP contribution in [0.4, 0.5) is 0 Å². The zero-order chi connectivity index (χ0) is 9.10. The molecule has 6 nitrogen and oxygen atoms in total. The molecule has 2 heterocycles. The predicted molar refractivity (Wildman–Crippen MR) is 47.6 cm³/mol. The highest BCUT2D eigenvalue weighted by atomic mass is 32.1. The van der Waals surface area contributed by atoms with Gasteiger partial charge in [-0.1, -0.05) is 11.3 Å². The Morgan fingerprint density at radius 2 is 2.46 bits per heavy atom. The Morgan fingerprint density at radius 3 is 3.15 bits per heavy atom. The molecule has 0 aliphatic rings. The van der Waals surface area contributed by atoms with E-state index in [1.54, 1.807) is 11.0 Å². The quantitative estimate of drug-likeness (QED) is 0.738. The van der Waals surface area contributed by atoms with Crippen molar-refractivity contribution >= 4 is 11.3 Å². The average molecular weight is 196 g/mol. The van der Waals surface area contributed by atoms with Gasteiger partial charge in [0.1, 0.15) is 17.7 Å². The standard InChI is InChI=1S/C6H8N6S/c1-7-2-5-10-11-6(13-5)12-4-8-3-9-12/h3-4,7H,2H2,1H3. The first-order valence-corrected chi connectivity index (χ1v) is 4.54. The molecule has 1 N–H and O–H groups in total. The number of rotatable bonds is 3. The van der Waals surface area contributed by atoms with Gasteiger partial charge < -0.3 is 5.32 Å². The van der Waals surface area contributed by atoms with Crippen molar-refractivity contribution in [3.8, 4) is 5.13 Å². The monoisotopic (exact) mass is 196 g/mol.